The Kier molecular flexibility index (Phi) is 5.29. The van der Waals surface area contributed by atoms with Crippen LogP contribution in [0.25, 0.3) is 22.0 Å². The van der Waals surface area contributed by atoms with Crippen LogP contribution >= 0.6 is 0 Å². The Bertz CT molecular complexity index is 1270. The maximum Gasteiger partial charge on any atom is 0.188 e. The van der Waals surface area contributed by atoms with Crippen LogP contribution in [0.4, 0.5) is 0 Å². The fourth-order valence-electron chi connectivity index (χ4n) is 4.27. The largest absolute Gasteiger partial charge is 0.467 e. The Morgan fingerprint density at radius 1 is 0.806 bits per heavy atom. The van der Waals surface area contributed by atoms with Crippen molar-refractivity contribution in [3.8, 4) is 16.9 Å². The second-order valence-corrected chi connectivity index (χ2v) is 7.47. The SMILES string of the molecule is COCOc1ccccc1[C@@H](c1ccc[nH]1)c1[nH]c2ccccc2c1-c1ccccc1. The van der Waals surface area contributed by atoms with Crippen molar-refractivity contribution in [3.05, 3.63) is 114 Å². The number of fused-ring (bicyclic) bond motifs is 1. The normalized spacial score (nSPS) is 12.2. The van der Waals surface area contributed by atoms with Crippen LogP contribution < -0.4 is 4.74 Å². The number of H-pyrrole nitrogens is 2. The number of hydrogen-bond donors (Lipinski definition) is 2. The first-order valence-corrected chi connectivity index (χ1v) is 10.4. The van der Waals surface area contributed by atoms with E-state index >= 15 is 0 Å². The lowest BCUT2D eigenvalue weighted by atomic mass is 9.87. The van der Waals surface area contributed by atoms with Gasteiger partial charge in [0.15, 0.2) is 6.79 Å². The molecule has 0 saturated heterocycles. The van der Waals surface area contributed by atoms with E-state index in [2.05, 4.69) is 76.7 Å². The average molecular weight is 409 g/mol. The number of methoxy groups -OCH3 is 1. The molecule has 5 rings (SSSR count). The van der Waals surface area contributed by atoms with E-state index in [0.29, 0.717) is 0 Å². The second kappa shape index (κ2) is 8.54. The molecule has 4 heteroatoms. The van der Waals surface area contributed by atoms with Crippen LogP contribution in [0.2, 0.25) is 0 Å². The van der Waals surface area contributed by atoms with Gasteiger partial charge in [-0.25, -0.2) is 0 Å². The third-order valence-electron chi connectivity index (χ3n) is 5.58. The minimum Gasteiger partial charge on any atom is -0.467 e. The first kappa shape index (κ1) is 19.2. The molecule has 0 fully saturated rings. The molecule has 0 amide bonds. The molecule has 0 aliphatic carbocycles. The molecule has 3 aromatic carbocycles. The molecule has 0 spiro atoms. The van der Waals surface area contributed by atoms with E-state index in [-0.39, 0.29) is 12.7 Å². The monoisotopic (exact) mass is 408 g/mol. The predicted molar refractivity (Wildman–Crippen MR) is 124 cm³/mol. The van der Waals surface area contributed by atoms with E-state index in [1.165, 1.54) is 16.5 Å². The third kappa shape index (κ3) is 3.62. The first-order valence-electron chi connectivity index (χ1n) is 10.4. The standard InChI is InChI=1S/C27H24N2O2/c1-30-18-31-24-16-8-6-13-21(24)26(23-15-9-17-28-23)27-25(19-10-3-2-4-11-19)20-12-5-7-14-22(20)29-27/h2-17,26,28-29H,18H2,1H3/t26-/m0/s1. The van der Waals surface area contributed by atoms with E-state index in [1.54, 1.807) is 7.11 Å². The van der Waals surface area contributed by atoms with Gasteiger partial charge in [0.05, 0.1) is 5.92 Å². The van der Waals surface area contributed by atoms with E-state index < -0.39 is 0 Å². The Morgan fingerprint density at radius 3 is 2.39 bits per heavy atom. The van der Waals surface area contributed by atoms with Crippen LogP contribution in [-0.2, 0) is 4.74 Å². The molecule has 0 aliphatic rings. The molecule has 31 heavy (non-hydrogen) atoms. The Hall–Kier alpha value is -3.76. The van der Waals surface area contributed by atoms with Gasteiger partial charge in [-0.1, -0.05) is 66.7 Å². The molecular formula is C27H24N2O2. The zero-order valence-electron chi connectivity index (χ0n) is 17.3. The summed E-state index contributed by atoms with van der Waals surface area (Å²) in [4.78, 5) is 7.16. The molecule has 1 atom stereocenters. The van der Waals surface area contributed by atoms with Gasteiger partial charge in [-0.2, -0.15) is 0 Å². The maximum absolute atomic E-state index is 5.96. The van der Waals surface area contributed by atoms with Gasteiger partial charge in [0, 0.05) is 46.7 Å². The highest BCUT2D eigenvalue weighted by molar-refractivity contribution is 5.98. The lowest BCUT2D eigenvalue weighted by Gasteiger charge is -2.21. The Labute approximate surface area is 181 Å². The lowest BCUT2D eigenvalue weighted by molar-refractivity contribution is 0.0503. The van der Waals surface area contributed by atoms with Crippen LogP contribution in [-0.4, -0.2) is 23.9 Å². The van der Waals surface area contributed by atoms with Crippen LogP contribution in [0.5, 0.6) is 5.75 Å². The van der Waals surface area contributed by atoms with Crippen LogP contribution in [0, 0.1) is 0 Å². The van der Waals surface area contributed by atoms with Crippen molar-refractivity contribution < 1.29 is 9.47 Å². The van der Waals surface area contributed by atoms with Gasteiger partial charge in [0.2, 0.25) is 0 Å². The number of ether oxygens (including phenoxy) is 2. The molecular weight excluding hydrogens is 384 g/mol. The van der Waals surface area contributed by atoms with Gasteiger partial charge in [-0.05, 0) is 29.8 Å². The van der Waals surface area contributed by atoms with Gasteiger partial charge in [-0.3, -0.25) is 0 Å². The summed E-state index contributed by atoms with van der Waals surface area (Å²) in [5.41, 5.74) is 6.80. The molecule has 4 nitrogen and oxygen atoms in total. The molecule has 0 unspecified atom stereocenters. The number of benzene rings is 3. The fourth-order valence-corrected chi connectivity index (χ4v) is 4.27. The molecule has 0 bridgehead atoms. The average Bonchev–Trinajstić information content (AvgIpc) is 3.48. The van der Waals surface area contributed by atoms with Crippen molar-refractivity contribution in [3.63, 3.8) is 0 Å². The van der Waals surface area contributed by atoms with Gasteiger partial charge in [0.25, 0.3) is 0 Å². The van der Waals surface area contributed by atoms with Crippen LogP contribution in [0.3, 0.4) is 0 Å². The number of hydrogen-bond acceptors (Lipinski definition) is 2. The molecule has 5 aromatic rings. The van der Waals surface area contributed by atoms with Crippen molar-refractivity contribution in [2.24, 2.45) is 0 Å². The quantitative estimate of drug-likeness (QED) is 0.309. The number of aromatic nitrogens is 2. The van der Waals surface area contributed by atoms with Crippen LogP contribution in [0.1, 0.15) is 22.9 Å². The smallest absolute Gasteiger partial charge is 0.188 e. The maximum atomic E-state index is 5.96. The molecule has 0 aliphatic heterocycles. The van der Waals surface area contributed by atoms with Gasteiger partial charge < -0.3 is 19.4 Å². The minimum atomic E-state index is -0.0642. The summed E-state index contributed by atoms with van der Waals surface area (Å²) < 4.78 is 11.1. The zero-order valence-corrected chi connectivity index (χ0v) is 17.3. The summed E-state index contributed by atoms with van der Waals surface area (Å²) in [5.74, 6) is 0.743. The molecule has 154 valence electrons. The van der Waals surface area contributed by atoms with Crippen molar-refractivity contribution in [1.82, 2.24) is 9.97 Å². The third-order valence-corrected chi connectivity index (χ3v) is 5.58. The summed E-state index contributed by atoms with van der Waals surface area (Å²) in [6.45, 7) is 0.201. The summed E-state index contributed by atoms with van der Waals surface area (Å²) in [7, 11) is 1.64. The topological polar surface area (TPSA) is 50.0 Å². The van der Waals surface area contributed by atoms with Gasteiger partial charge >= 0.3 is 0 Å². The molecule has 2 aromatic heterocycles. The molecule has 0 radical (unpaired) electrons. The zero-order chi connectivity index (χ0) is 21.0. The Balaban J connectivity index is 1.78. The van der Waals surface area contributed by atoms with Gasteiger partial charge in [0.1, 0.15) is 5.75 Å². The van der Waals surface area contributed by atoms with Crippen LogP contribution in [0.15, 0.2) is 97.2 Å². The van der Waals surface area contributed by atoms with Crippen molar-refractivity contribution in [1.29, 1.82) is 0 Å². The highest BCUT2D eigenvalue weighted by Crippen LogP contribution is 2.43. The fraction of sp³-hybridized carbons (Fsp3) is 0.111. The number of nitrogens with one attached hydrogen (secondary N) is 2. The summed E-state index contributed by atoms with van der Waals surface area (Å²) in [5, 5.41) is 1.20. The summed E-state index contributed by atoms with van der Waals surface area (Å²) in [6.07, 6.45) is 1.96. The lowest BCUT2D eigenvalue weighted by Crippen LogP contribution is -2.09. The van der Waals surface area contributed by atoms with E-state index in [1.807, 2.05) is 30.5 Å². The van der Waals surface area contributed by atoms with Gasteiger partial charge in [-0.15, -0.1) is 0 Å². The predicted octanol–water partition coefficient (Wildman–Crippen LogP) is 6.33. The van der Waals surface area contributed by atoms with E-state index in [9.17, 15) is 0 Å². The molecule has 0 saturated carbocycles. The number of rotatable bonds is 7. The van der Waals surface area contributed by atoms with Crippen molar-refractivity contribution in [2.75, 3.05) is 13.9 Å². The Morgan fingerprint density at radius 2 is 1.58 bits per heavy atom. The number of aromatic amines is 2. The summed E-state index contributed by atoms with van der Waals surface area (Å²) >= 11 is 0. The molecule has 2 N–H and O–H groups in total. The first-order chi connectivity index (χ1) is 15.4. The highest BCUT2D eigenvalue weighted by Gasteiger charge is 2.27. The van der Waals surface area contributed by atoms with Crippen molar-refractivity contribution >= 4 is 10.9 Å². The van der Waals surface area contributed by atoms with E-state index in [4.69, 9.17) is 9.47 Å². The highest BCUT2D eigenvalue weighted by atomic mass is 16.7. The second-order valence-electron chi connectivity index (χ2n) is 7.47. The summed E-state index contributed by atoms with van der Waals surface area (Å²) in [6, 6.07) is 31.3. The van der Waals surface area contributed by atoms with Crippen molar-refractivity contribution in [2.45, 2.75) is 5.92 Å². The minimum absolute atomic E-state index is 0.0642. The number of para-hydroxylation sites is 2. The van der Waals surface area contributed by atoms with E-state index in [0.717, 1.165) is 28.2 Å². The molecule has 2 heterocycles.